The summed E-state index contributed by atoms with van der Waals surface area (Å²) in [6.07, 6.45) is 16.7. The van der Waals surface area contributed by atoms with Gasteiger partial charge in [-0.25, -0.2) is 9.97 Å². The molecule has 2 aliphatic carbocycles. The van der Waals surface area contributed by atoms with Crippen LogP contribution in [0.4, 0.5) is 0 Å². The quantitative estimate of drug-likeness (QED) is 0.236. The molecule has 2 aliphatic heterocycles. The molecule has 200 valence electrons. The van der Waals surface area contributed by atoms with Gasteiger partial charge in [-0.05, 0) is 92.1 Å². The van der Waals surface area contributed by atoms with Crippen LogP contribution in [0, 0.1) is 0 Å². The normalized spacial score (nSPS) is 23.7. The number of rotatable bonds is 5. The summed E-state index contributed by atoms with van der Waals surface area (Å²) in [4.78, 5) is 16.9. The molecule has 4 N–H and O–H groups in total. The van der Waals surface area contributed by atoms with E-state index in [1.807, 2.05) is 0 Å². The molecule has 4 heterocycles. The zero-order valence-electron chi connectivity index (χ0n) is 22.7. The number of nitrogens with one attached hydrogen (secondary N) is 4. The van der Waals surface area contributed by atoms with Crippen molar-refractivity contribution in [1.82, 2.24) is 30.6 Å². The molecule has 2 atom stereocenters. The van der Waals surface area contributed by atoms with E-state index in [1.54, 1.807) is 5.56 Å². The van der Waals surface area contributed by atoms with Crippen LogP contribution in [0.5, 0.6) is 0 Å². The van der Waals surface area contributed by atoms with Gasteiger partial charge >= 0.3 is 0 Å². The van der Waals surface area contributed by atoms with E-state index in [9.17, 15) is 0 Å². The average Bonchev–Trinajstić information content (AvgIpc) is 3.82. The number of aromatic amines is 2. The van der Waals surface area contributed by atoms with Gasteiger partial charge in [0.25, 0.3) is 0 Å². The molecule has 39 heavy (non-hydrogen) atoms. The molecule has 1 spiro atoms. The summed E-state index contributed by atoms with van der Waals surface area (Å²) in [6, 6.07) is 14.6. The van der Waals surface area contributed by atoms with Gasteiger partial charge < -0.3 is 20.6 Å². The van der Waals surface area contributed by atoms with Crippen molar-refractivity contribution in [3.05, 3.63) is 71.6 Å². The lowest BCUT2D eigenvalue weighted by Gasteiger charge is -2.28. The number of hydrogen-bond acceptors (Lipinski definition) is 4. The van der Waals surface area contributed by atoms with Crippen molar-refractivity contribution in [3.63, 3.8) is 0 Å². The number of nitrogens with zero attached hydrogens (tertiary/aromatic N) is 2. The van der Waals surface area contributed by atoms with Gasteiger partial charge in [0.05, 0.1) is 23.5 Å². The van der Waals surface area contributed by atoms with Crippen molar-refractivity contribution in [2.75, 3.05) is 13.1 Å². The summed E-state index contributed by atoms with van der Waals surface area (Å²) >= 11 is 0. The predicted molar refractivity (Wildman–Crippen MR) is 155 cm³/mol. The maximum absolute atomic E-state index is 5.10. The van der Waals surface area contributed by atoms with Gasteiger partial charge in [0.15, 0.2) is 0 Å². The molecule has 0 bridgehead atoms. The van der Waals surface area contributed by atoms with E-state index in [2.05, 4.69) is 69.4 Å². The monoisotopic (exact) mass is 518 g/mol. The molecule has 2 aromatic heterocycles. The van der Waals surface area contributed by atoms with Gasteiger partial charge in [0.2, 0.25) is 0 Å². The molecule has 4 aromatic rings. The van der Waals surface area contributed by atoms with Crippen molar-refractivity contribution >= 4 is 0 Å². The average molecular weight is 519 g/mol. The third-order valence-electron chi connectivity index (χ3n) is 10.0. The van der Waals surface area contributed by atoms with E-state index < -0.39 is 0 Å². The lowest BCUT2D eigenvalue weighted by Crippen LogP contribution is -2.19. The highest BCUT2D eigenvalue weighted by molar-refractivity contribution is 5.80. The number of aromatic nitrogens is 4. The Kier molecular flexibility index (Phi) is 5.73. The minimum Gasteiger partial charge on any atom is -0.347 e. The summed E-state index contributed by atoms with van der Waals surface area (Å²) in [6.45, 7) is 2.17. The number of hydrogen-bond donors (Lipinski definition) is 4. The van der Waals surface area contributed by atoms with Gasteiger partial charge in [-0.3, -0.25) is 0 Å². The fourth-order valence-corrected chi connectivity index (χ4v) is 8.01. The van der Waals surface area contributed by atoms with E-state index in [1.165, 1.54) is 79.2 Å². The molecule has 4 aliphatic rings. The van der Waals surface area contributed by atoms with Crippen LogP contribution in [0.2, 0.25) is 0 Å². The molecular formula is C33H38N6. The Hall–Kier alpha value is -3.22. The van der Waals surface area contributed by atoms with E-state index >= 15 is 0 Å². The minimum atomic E-state index is 0.330. The van der Waals surface area contributed by atoms with Crippen molar-refractivity contribution in [2.45, 2.75) is 81.7 Å². The molecule has 0 amide bonds. The SMILES string of the molecule is c1cc(-c2ccc(-c3c[nH]c(C4CCCN4)n3)c3c2C2(CCCC2)CC3)ccc1-c1c[nH]c(C2CCCN2)n1. The third-order valence-corrected chi connectivity index (χ3v) is 10.0. The van der Waals surface area contributed by atoms with Crippen LogP contribution in [0.1, 0.15) is 92.6 Å². The summed E-state index contributed by atoms with van der Waals surface area (Å²) in [5.41, 5.74) is 10.9. The first-order chi connectivity index (χ1) is 19.3. The Bertz CT molecular complexity index is 1480. The van der Waals surface area contributed by atoms with Gasteiger partial charge in [-0.15, -0.1) is 0 Å². The van der Waals surface area contributed by atoms with Crippen molar-refractivity contribution < 1.29 is 0 Å². The van der Waals surface area contributed by atoms with Crippen LogP contribution >= 0.6 is 0 Å². The Balaban J connectivity index is 1.15. The highest BCUT2D eigenvalue weighted by atomic mass is 15.0. The second-order valence-electron chi connectivity index (χ2n) is 12.2. The number of fused-ring (bicyclic) bond motifs is 2. The largest absolute Gasteiger partial charge is 0.347 e. The summed E-state index contributed by atoms with van der Waals surface area (Å²) in [7, 11) is 0. The van der Waals surface area contributed by atoms with Crippen LogP contribution in [0.15, 0.2) is 48.8 Å². The van der Waals surface area contributed by atoms with Crippen LogP contribution < -0.4 is 10.6 Å². The Morgan fingerprint density at radius 2 is 1.26 bits per heavy atom. The van der Waals surface area contributed by atoms with E-state index in [0.29, 0.717) is 17.5 Å². The summed E-state index contributed by atoms with van der Waals surface area (Å²) < 4.78 is 0. The fraction of sp³-hybridized carbons (Fsp3) is 0.455. The Labute approximate surface area is 230 Å². The van der Waals surface area contributed by atoms with Crippen molar-refractivity contribution in [2.24, 2.45) is 0 Å². The van der Waals surface area contributed by atoms with Crippen LogP contribution in [0.25, 0.3) is 33.6 Å². The zero-order chi connectivity index (χ0) is 25.8. The standard InChI is InChI=1S/C33H38N6/c1-2-15-33(14-1)16-13-25-24(29-20-37-32(39-29)27-6-4-18-35-27)12-11-23(30(25)33)21-7-9-22(10-8-21)28-19-36-31(38-28)26-5-3-17-34-26/h7-12,19-20,26-27,34-35H,1-6,13-18H2,(H,36,38)(H,37,39). The van der Waals surface area contributed by atoms with Crippen LogP contribution in [-0.2, 0) is 11.8 Å². The van der Waals surface area contributed by atoms with Crippen molar-refractivity contribution in [3.8, 4) is 33.6 Å². The topological polar surface area (TPSA) is 81.4 Å². The Morgan fingerprint density at radius 1 is 0.641 bits per heavy atom. The molecule has 0 radical (unpaired) electrons. The second kappa shape index (κ2) is 9.46. The molecular weight excluding hydrogens is 480 g/mol. The fourth-order valence-electron chi connectivity index (χ4n) is 8.01. The Morgan fingerprint density at radius 3 is 1.92 bits per heavy atom. The first-order valence-electron chi connectivity index (χ1n) is 15.1. The summed E-state index contributed by atoms with van der Waals surface area (Å²) in [5.74, 6) is 2.16. The smallest absolute Gasteiger partial charge is 0.124 e. The van der Waals surface area contributed by atoms with E-state index in [-0.39, 0.29) is 0 Å². The van der Waals surface area contributed by atoms with E-state index in [4.69, 9.17) is 9.97 Å². The molecule has 6 nitrogen and oxygen atoms in total. The highest BCUT2D eigenvalue weighted by Crippen LogP contribution is 2.55. The number of H-pyrrole nitrogens is 2. The highest BCUT2D eigenvalue weighted by Gasteiger charge is 2.43. The minimum absolute atomic E-state index is 0.330. The predicted octanol–water partition coefficient (Wildman–Crippen LogP) is 6.74. The van der Waals surface area contributed by atoms with E-state index in [0.717, 1.165) is 49.0 Å². The van der Waals surface area contributed by atoms with Gasteiger partial charge in [-0.1, -0.05) is 49.2 Å². The summed E-state index contributed by atoms with van der Waals surface area (Å²) in [5, 5.41) is 7.13. The molecule has 6 heteroatoms. The second-order valence-corrected chi connectivity index (χ2v) is 12.2. The lowest BCUT2D eigenvalue weighted by atomic mass is 9.76. The molecule has 2 unspecified atom stereocenters. The molecule has 1 saturated carbocycles. The zero-order valence-corrected chi connectivity index (χ0v) is 22.7. The molecule has 3 fully saturated rings. The molecule has 2 aromatic carbocycles. The maximum Gasteiger partial charge on any atom is 0.124 e. The maximum atomic E-state index is 5.10. The third kappa shape index (κ3) is 3.99. The van der Waals surface area contributed by atoms with Crippen LogP contribution in [0.3, 0.4) is 0 Å². The van der Waals surface area contributed by atoms with Gasteiger partial charge in [-0.2, -0.15) is 0 Å². The number of benzene rings is 2. The number of imidazole rings is 2. The first kappa shape index (κ1) is 23.6. The lowest BCUT2D eigenvalue weighted by molar-refractivity contribution is 0.440. The first-order valence-corrected chi connectivity index (χ1v) is 15.1. The molecule has 8 rings (SSSR count). The van der Waals surface area contributed by atoms with Gasteiger partial charge in [0, 0.05) is 23.5 Å². The van der Waals surface area contributed by atoms with Crippen LogP contribution in [-0.4, -0.2) is 33.0 Å². The van der Waals surface area contributed by atoms with Gasteiger partial charge in [0.1, 0.15) is 11.6 Å². The molecule has 2 saturated heterocycles. The van der Waals surface area contributed by atoms with Crippen molar-refractivity contribution in [1.29, 1.82) is 0 Å².